The van der Waals surface area contributed by atoms with E-state index in [2.05, 4.69) is 15.3 Å². The smallest absolute Gasteiger partial charge is 0.252 e. The summed E-state index contributed by atoms with van der Waals surface area (Å²) in [5.74, 6) is 0.751. The van der Waals surface area contributed by atoms with Gasteiger partial charge in [-0.2, -0.15) is 0 Å². The predicted octanol–water partition coefficient (Wildman–Crippen LogP) is 1.55. The summed E-state index contributed by atoms with van der Waals surface area (Å²) in [6.07, 6.45) is 5.99. The van der Waals surface area contributed by atoms with Crippen molar-refractivity contribution in [1.29, 1.82) is 0 Å². The summed E-state index contributed by atoms with van der Waals surface area (Å²) < 4.78 is 5.52. The minimum absolute atomic E-state index is 0.0433. The topological polar surface area (TPSA) is 67.0 Å². The summed E-state index contributed by atoms with van der Waals surface area (Å²) in [7, 11) is 0. The number of imidazole rings is 1. The van der Waals surface area contributed by atoms with Crippen LogP contribution in [0.25, 0.3) is 0 Å². The summed E-state index contributed by atoms with van der Waals surface area (Å²) in [4.78, 5) is 19.4. The average Bonchev–Trinajstić information content (AvgIpc) is 2.97. The highest BCUT2D eigenvalue weighted by atomic mass is 16.5. The molecule has 2 N–H and O–H groups in total. The van der Waals surface area contributed by atoms with Gasteiger partial charge < -0.3 is 15.0 Å². The van der Waals surface area contributed by atoms with Crippen LogP contribution in [0.2, 0.25) is 0 Å². The minimum Gasteiger partial charge on any atom is -0.365 e. The number of carbonyl (C=O) groups is 1. The Morgan fingerprint density at radius 1 is 1.76 bits per heavy atom. The summed E-state index contributed by atoms with van der Waals surface area (Å²) in [6.45, 7) is 4.54. The van der Waals surface area contributed by atoms with Gasteiger partial charge in [0.1, 0.15) is 11.4 Å². The molecule has 1 aliphatic rings. The largest absolute Gasteiger partial charge is 0.365 e. The number of hydrogen-bond acceptors (Lipinski definition) is 3. The van der Waals surface area contributed by atoms with Gasteiger partial charge in [0.15, 0.2) is 0 Å². The molecular weight excluding hydrogens is 218 g/mol. The van der Waals surface area contributed by atoms with Gasteiger partial charge in [-0.15, -0.1) is 0 Å². The lowest BCUT2D eigenvalue weighted by molar-refractivity contribution is -0.140. The Labute approximate surface area is 101 Å². The Morgan fingerprint density at radius 3 is 3.12 bits per heavy atom. The maximum atomic E-state index is 12.2. The summed E-state index contributed by atoms with van der Waals surface area (Å²) in [5.41, 5.74) is -0.667. The first-order valence-electron chi connectivity index (χ1n) is 6.10. The van der Waals surface area contributed by atoms with Crippen LogP contribution < -0.4 is 5.32 Å². The molecule has 1 aromatic rings. The minimum atomic E-state index is -0.667. The third-order valence-electron chi connectivity index (χ3n) is 3.26. The second kappa shape index (κ2) is 4.87. The lowest BCUT2D eigenvalue weighted by Crippen LogP contribution is -2.45. The van der Waals surface area contributed by atoms with Crippen molar-refractivity contribution in [1.82, 2.24) is 15.3 Å². The van der Waals surface area contributed by atoms with Crippen LogP contribution in [0.1, 0.15) is 45.0 Å². The molecule has 0 aromatic carbocycles. The number of aromatic amines is 1. The molecule has 1 aliphatic heterocycles. The molecule has 0 spiro atoms. The Kier molecular flexibility index (Phi) is 3.47. The van der Waals surface area contributed by atoms with Gasteiger partial charge in [-0.1, -0.05) is 6.92 Å². The average molecular weight is 237 g/mol. The van der Waals surface area contributed by atoms with E-state index in [1.807, 2.05) is 13.8 Å². The lowest BCUT2D eigenvalue weighted by atomic mass is 10.0. The standard InChI is InChI=1S/C12H19N3O2/c1-3-9(10-13-6-7-14-10)15-11(16)12(2)5-4-8-17-12/h6-7,9H,3-5,8H2,1-2H3,(H,13,14)(H,15,16). The number of aromatic nitrogens is 2. The maximum absolute atomic E-state index is 12.2. The van der Waals surface area contributed by atoms with Crippen molar-refractivity contribution in [3.63, 3.8) is 0 Å². The fourth-order valence-corrected chi connectivity index (χ4v) is 2.10. The van der Waals surface area contributed by atoms with Crippen molar-refractivity contribution in [3.05, 3.63) is 18.2 Å². The van der Waals surface area contributed by atoms with Crippen LogP contribution in [-0.4, -0.2) is 28.1 Å². The number of ether oxygens (including phenoxy) is 1. The first-order chi connectivity index (χ1) is 8.15. The van der Waals surface area contributed by atoms with Crippen LogP contribution in [0.3, 0.4) is 0 Å². The van der Waals surface area contributed by atoms with Gasteiger partial charge in [-0.05, 0) is 26.2 Å². The van der Waals surface area contributed by atoms with E-state index >= 15 is 0 Å². The third-order valence-corrected chi connectivity index (χ3v) is 3.26. The molecule has 94 valence electrons. The van der Waals surface area contributed by atoms with Crippen LogP contribution in [0, 0.1) is 0 Å². The van der Waals surface area contributed by atoms with Crippen molar-refractivity contribution in [2.75, 3.05) is 6.61 Å². The van der Waals surface area contributed by atoms with Gasteiger partial charge in [0.05, 0.1) is 6.04 Å². The normalized spacial score (nSPS) is 25.8. The Balaban J connectivity index is 2.02. The highest BCUT2D eigenvalue weighted by molar-refractivity contribution is 5.85. The summed E-state index contributed by atoms with van der Waals surface area (Å²) in [6, 6.07) is -0.0708. The molecule has 0 aliphatic carbocycles. The number of hydrogen-bond donors (Lipinski definition) is 2. The van der Waals surface area contributed by atoms with E-state index in [0.29, 0.717) is 6.61 Å². The van der Waals surface area contributed by atoms with Gasteiger partial charge in [0, 0.05) is 19.0 Å². The second-order valence-electron chi connectivity index (χ2n) is 4.59. The van der Waals surface area contributed by atoms with Crippen molar-refractivity contribution >= 4 is 5.91 Å². The Morgan fingerprint density at radius 2 is 2.59 bits per heavy atom. The van der Waals surface area contributed by atoms with E-state index in [4.69, 9.17) is 4.74 Å². The van der Waals surface area contributed by atoms with Crippen molar-refractivity contribution < 1.29 is 9.53 Å². The van der Waals surface area contributed by atoms with E-state index in [1.54, 1.807) is 12.4 Å². The highest BCUT2D eigenvalue weighted by Gasteiger charge is 2.38. The summed E-state index contributed by atoms with van der Waals surface area (Å²) in [5, 5.41) is 2.99. The molecule has 2 rings (SSSR count). The van der Waals surface area contributed by atoms with E-state index in [0.717, 1.165) is 25.1 Å². The number of rotatable bonds is 4. The number of nitrogens with zero attached hydrogens (tertiary/aromatic N) is 1. The maximum Gasteiger partial charge on any atom is 0.252 e. The second-order valence-corrected chi connectivity index (χ2v) is 4.59. The van der Waals surface area contributed by atoms with Crippen LogP contribution in [0.4, 0.5) is 0 Å². The zero-order valence-corrected chi connectivity index (χ0v) is 10.3. The molecule has 1 amide bonds. The van der Waals surface area contributed by atoms with Crippen molar-refractivity contribution in [2.24, 2.45) is 0 Å². The van der Waals surface area contributed by atoms with Gasteiger partial charge in [0.25, 0.3) is 5.91 Å². The highest BCUT2D eigenvalue weighted by Crippen LogP contribution is 2.26. The van der Waals surface area contributed by atoms with E-state index in [9.17, 15) is 4.79 Å². The first-order valence-corrected chi connectivity index (χ1v) is 6.10. The zero-order valence-electron chi connectivity index (χ0n) is 10.3. The SMILES string of the molecule is CCC(NC(=O)C1(C)CCCO1)c1ncc[nH]1. The molecule has 5 heteroatoms. The molecule has 5 nitrogen and oxygen atoms in total. The Bertz CT molecular complexity index is 369. The van der Waals surface area contributed by atoms with Crippen LogP contribution in [0.5, 0.6) is 0 Å². The number of H-pyrrole nitrogens is 1. The first kappa shape index (κ1) is 12.1. The van der Waals surface area contributed by atoms with E-state index in [-0.39, 0.29) is 11.9 Å². The molecule has 0 radical (unpaired) electrons. The van der Waals surface area contributed by atoms with E-state index < -0.39 is 5.60 Å². The molecule has 2 unspecified atom stereocenters. The van der Waals surface area contributed by atoms with Crippen LogP contribution >= 0.6 is 0 Å². The van der Waals surface area contributed by atoms with Crippen molar-refractivity contribution in [3.8, 4) is 0 Å². The molecule has 1 aromatic heterocycles. The van der Waals surface area contributed by atoms with Gasteiger partial charge in [-0.25, -0.2) is 4.98 Å². The molecule has 1 fully saturated rings. The molecular formula is C12H19N3O2. The third kappa shape index (κ3) is 2.49. The molecule has 2 heterocycles. The van der Waals surface area contributed by atoms with Crippen molar-refractivity contribution in [2.45, 2.75) is 44.8 Å². The Hall–Kier alpha value is -1.36. The number of carbonyl (C=O) groups excluding carboxylic acids is 1. The number of amides is 1. The molecule has 17 heavy (non-hydrogen) atoms. The van der Waals surface area contributed by atoms with Crippen LogP contribution in [0.15, 0.2) is 12.4 Å². The number of nitrogens with one attached hydrogen (secondary N) is 2. The molecule has 0 bridgehead atoms. The van der Waals surface area contributed by atoms with Crippen LogP contribution in [-0.2, 0) is 9.53 Å². The molecule has 0 saturated carbocycles. The zero-order chi connectivity index (χ0) is 12.3. The fourth-order valence-electron chi connectivity index (χ4n) is 2.10. The van der Waals surface area contributed by atoms with Gasteiger partial charge in [0.2, 0.25) is 0 Å². The monoisotopic (exact) mass is 237 g/mol. The van der Waals surface area contributed by atoms with Gasteiger partial charge >= 0.3 is 0 Å². The quantitative estimate of drug-likeness (QED) is 0.834. The molecule has 1 saturated heterocycles. The summed E-state index contributed by atoms with van der Waals surface area (Å²) >= 11 is 0. The molecule has 2 atom stereocenters. The van der Waals surface area contributed by atoms with Gasteiger partial charge in [-0.3, -0.25) is 4.79 Å². The fraction of sp³-hybridized carbons (Fsp3) is 0.667. The lowest BCUT2D eigenvalue weighted by Gasteiger charge is -2.25. The predicted molar refractivity (Wildman–Crippen MR) is 63.4 cm³/mol. The van der Waals surface area contributed by atoms with E-state index in [1.165, 1.54) is 0 Å².